The Hall–Kier alpha value is -3.65. The lowest BCUT2D eigenvalue weighted by molar-refractivity contribution is 0.411. The molecule has 0 spiro atoms. The standard InChI is InChI=1S/C40H42N2/c1-39(2,3)22-24-15-16-27-26(19-24)20-32-36-35-29(17-18-41-36)30(25-11-7-8-12-25)21-31-28-13-9-10-14-34(28)42(38(31)35)37(32)33(27)23-40(4,5)6/h9-10,13-21,25H,7-8,11-12,22-23H2,1-6H3. The van der Waals surface area contributed by atoms with Gasteiger partial charge in [-0.1, -0.05) is 90.8 Å². The summed E-state index contributed by atoms with van der Waals surface area (Å²) in [5.41, 5.74) is 9.95. The molecule has 3 heterocycles. The largest absolute Gasteiger partial charge is 0.308 e. The SMILES string of the molecule is CC(C)(C)Cc1ccc2c(CC(C)(C)C)c3c(cc2c1)c1nccc2c(C4CCCC4)cc4c5ccccc5n3c4c21. The second-order valence-corrected chi connectivity index (χ2v) is 15.6. The van der Waals surface area contributed by atoms with Crippen LogP contribution in [0.2, 0.25) is 0 Å². The molecule has 0 saturated heterocycles. The molecule has 1 saturated carbocycles. The number of benzene rings is 4. The zero-order valence-electron chi connectivity index (χ0n) is 26.1. The van der Waals surface area contributed by atoms with Gasteiger partial charge in [-0.05, 0) is 99.5 Å². The van der Waals surface area contributed by atoms with Gasteiger partial charge in [-0.3, -0.25) is 4.98 Å². The van der Waals surface area contributed by atoms with E-state index in [1.807, 2.05) is 0 Å². The number of para-hydroxylation sites is 1. The smallest absolute Gasteiger partial charge is 0.0823 e. The third kappa shape index (κ3) is 3.94. The summed E-state index contributed by atoms with van der Waals surface area (Å²) in [6.07, 6.45) is 9.42. The van der Waals surface area contributed by atoms with Crippen molar-refractivity contribution in [2.75, 3.05) is 0 Å². The van der Waals surface area contributed by atoms with Gasteiger partial charge in [0.2, 0.25) is 0 Å². The lowest BCUT2D eigenvalue weighted by Crippen LogP contribution is -2.12. The molecule has 0 aliphatic heterocycles. The molecule has 2 heteroatoms. The van der Waals surface area contributed by atoms with Gasteiger partial charge in [-0.25, -0.2) is 0 Å². The summed E-state index contributed by atoms with van der Waals surface area (Å²) < 4.78 is 2.62. The predicted molar refractivity (Wildman–Crippen MR) is 181 cm³/mol. The van der Waals surface area contributed by atoms with Crippen molar-refractivity contribution >= 4 is 59.8 Å². The monoisotopic (exact) mass is 550 g/mol. The molecule has 0 radical (unpaired) electrons. The van der Waals surface area contributed by atoms with Crippen LogP contribution in [0.4, 0.5) is 0 Å². The molecule has 1 aliphatic rings. The topological polar surface area (TPSA) is 17.3 Å². The van der Waals surface area contributed by atoms with Crippen LogP contribution in [0.1, 0.15) is 89.8 Å². The van der Waals surface area contributed by atoms with E-state index in [1.165, 1.54) is 102 Å². The van der Waals surface area contributed by atoms with E-state index >= 15 is 0 Å². The Kier molecular flexibility index (Phi) is 5.53. The number of pyridine rings is 2. The Labute approximate surface area is 249 Å². The predicted octanol–water partition coefficient (Wildman–Crippen LogP) is 11.4. The first kappa shape index (κ1) is 26.0. The molecule has 4 aromatic carbocycles. The molecular formula is C40H42N2. The van der Waals surface area contributed by atoms with Gasteiger partial charge in [0.05, 0.1) is 22.1 Å². The Morgan fingerprint density at radius 3 is 2.24 bits per heavy atom. The summed E-state index contributed by atoms with van der Waals surface area (Å²) in [6.45, 7) is 14.1. The van der Waals surface area contributed by atoms with E-state index in [0.717, 1.165) is 12.8 Å². The highest BCUT2D eigenvalue weighted by Gasteiger charge is 2.27. The van der Waals surface area contributed by atoms with Crippen LogP contribution in [0, 0.1) is 10.8 Å². The van der Waals surface area contributed by atoms with Gasteiger partial charge in [-0.2, -0.15) is 0 Å². The van der Waals surface area contributed by atoms with Gasteiger partial charge >= 0.3 is 0 Å². The van der Waals surface area contributed by atoms with Crippen LogP contribution in [0.15, 0.2) is 66.9 Å². The number of hydrogen-bond donors (Lipinski definition) is 0. The molecule has 0 amide bonds. The summed E-state index contributed by atoms with van der Waals surface area (Å²) in [7, 11) is 0. The third-order valence-electron chi connectivity index (χ3n) is 9.71. The molecular weight excluding hydrogens is 508 g/mol. The average molecular weight is 551 g/mol. The van der Waals surface area contributed by atoms with Crippen molar-refractivity contribution in [2.24, 2.45) is 10.8 Å². The summed E-state index contributed by atoms with van der Waals surface area (Å²) in [5, 5.41) is 9.53. The van der Waals surface area contributed by atoms with Crippen LogP contribution < -0.4 is 0 Å². The lowest BCUT2D eigenvalue weighted by atomic mass is 9.83. The summed E-state index contributed by atoms with van der Waals surface area (Å²) >= 11 is 0. The van der Waals surface area contributed by atoms with Crippen molar-refractivity contribution in [3.05, 3.63) is 83.6 Å². The van der Waals surface area contributed by atoms with Crippen LogP contribution >= 0.6 is 0 Å². The third-order valence-corrected chi connectivity index (χ3v) is 9.71. The Morgan fingerprint density at radius 2 is 1.48 bits per heavy atom. The van der Waals surface area contributed by atoms with Gasteiger partial charge in [-0.15, -0.1) is 0 Å². The number of aromatic nitrogens is 2. The molecule has 0 N–H and O–H groups in total. The fourth-order valence-corrected chi connectivity index (χ4v) is 8.23. The van der Waals surface area contributed by atoms with E-state index in [2.05, 4.69) is 113 Å². The summed E-state index contributed by atoms with van der Waals surface area (Å²) in [4.78, 5) is 5.21. The summed E-state index contributed by atoms with van der Waals surface area (Å²) in [6, 6.07) is 23.7. The number of rotatable bonds is 3. The minimum atomic E-state index is 0.139. The molecule has 7 aromatic rings. The van der Waals surface area contributed by atoms with E-state index in [0.29, 0.717) is 5.92 Å². The maximum atomic E-state index is 5.21. The van der Waals surface area contributed by atoms with Crippen molar-refractivity contribution in [2.45, 2.75) is 86.0 Å². The minimum Gasteiger partial charge on any atom is -0.308 e. The van der Waals surface area contributed by atoms with Gasteiger partial charge < -0.3 is 4.40 Å². The van der Waals surface area contributed by atoms with Crippen molar-refractivity contribution in [3.8, 4) is 0 Å². The van der Waals surface area contributed by atoms with E-state index in [4.69, 9.17) is 4.98 Å². The molecule has 2 nitrogen and oxygen atoms in total. The minimum absolute atomic E-state index is 0.139. The first-order valence-corrected chi connectivity index (χ1v) is 16.0. The number of nitrogens with zero attached hydrogens (tertiary/aromatic N) is 2. The van der Waals surface area contributed by atoms with Gasteiger partial charge in [0.15, 0.2) is 0 Å². The molecule has 0 unspecified atom stereocenters. The Morgan fingerprint density at radius 1 is 0.714 bits per heavy atom. The fourth-order valence-electron chi connectivity index (χ4n) is 8.23. The first-order chi connectivity index (χ1) is 20.1. The Bertz CT molecular complexity index is 2160. The molecule has 0 bridgehead atoms. The van der Waals surface area contributed by atoms with Crippen LogP contribution in [0.3, 0.4) is 0 Å². The molecule has 1 aliphatic carbocycles. The van der Waals surface area contributed by atoms with E-state index in [9.17, 15) is 0 Å². The zero-order valence-corrected chi connectivity index (χ0v) is 26.1. The second kappa shape index (κ2) is 8.93. The first-order valence-electron chi connectivity index (χ1n) is 16.0. The van der Waals surface area contributed by atoms with Crippen LogP contribution in [-0.4, -0.2) is 9.38 Å². The molecule has 212 valence electrons. The second-order valence-electron chi connectivity index (χ2n) is 15.6. The van der Waals surface area contributed by atoms with Crippen molar-refractivity contribution in [1.29, 1.82) is 0 Å². The maximum absolute atomic E-state index is 5.21. The maximum Gasteiger partial charge on any atom is 0.0823 e. The van der Waals surface area contributed by atoms with Gasteiger partial charge in [0.25, 0.3) is 0 Å². The number of fused-ring (bicyclic) bond motifs is 7. The van der Waals surface area contributed by atoms with Crippen molar-refractivity contribution in [3.63, 3.8) is 0 Å². The van der Waals surface area contributed by atoms with Crippen LogP contribution in [0.25, 0.3) is 59.8 Å². The van der Waals surface area contributed by atoms with Crippen molar-refractivity contribution < 1.29 is 0 Å². The molecule has 42 heavy (non-hydrogen) atoms. The number of hydrogen-bond acceptors (Lipinski definition) is 1. The Balaban J connectivity index is 1.61. The van der Waals surface area contributed by atoms with Crippen molar-refractivity contribution in [1.82, 2.24) is 9.38 Å². The molecule has 0 atom stereocenters. The van der Waals surface area contributed by atoms with Gasteiger partial charge in [0.1, 0.15) is 0 Å². The zero-order chi connectivity index (χ0) is 29.0. The molecule has 3 aromatic heterocycles. The average Bonchev–Trinajstić information content (AvgIpc) is 3.57. The highest BCUT2D eigenvalue weighted by Crippen LogP contribution is 2.48. The molecule has 8 rings (SSSR count). The highest BCUT2D eigenvalue weighted by molar-refractivity contribution is 6.29. The highest BCUT2D eigenvalue weighted by atomic mass is 14.9. The molecule has 1 fully saturated rings. The quantitative estimate of drug-likeness (QED) is 0.158. The summed E-state index contributed by atoms with van der Waals surface area (Å²) in [5.74, 6) is 0.640. The normalized spacial score (nSPS) is 15.6. The fraction of sp³-hybridized carbons (Fsp3) is 0.375. The lowest BCUT2D eigenvalue weighted by Gasteiger charge is -2.24. The van der Waals surface area contributed by atoms with Crippen LogP contribution in [-0.2, 0) is 12.8 Å². The van der Waals surface area contributed by atoms with Crippen LogP contribution in [0.5, 0.6) is 0 Å². The van der Waals surface area contributed by atoms with E-state index < -0.39 is 0 Å². The van der Waals surface area contributed by atoms with Gasteiger partial charge in [0, 0.05) is 27.7 Å². The van der Waals surface area contributed by atoms with E-state index in [1.54, 1.807) is 0 Å². The van der Waals surface area contributed by atoms with E-state index in [-0.39, 0.29) is 10.8 Å².